The molecule has 0 unspecified atom stereocenters. The Balaban J connectivity index is 1.39. The molecular weight excluding hydrogens is 538 g/mol. The summed E-state index contributed by atoms with van der Waals surface area (Å²) in [5.41, 5.74) is 6.49. The predicted molar refractivity (Wildman–Crippen MR) is 162 cm³/mol. The van der Waals surface area contributed by atoms with Crippen molar-refractivity contribution in [3.05, 3.63) is 52.7 Å². The van der Waals surface area contributed by atoms with Gasteiger partial charge in [0.05, 0.1) is 33.5 Å². The Kier molecular flexibility index (Phi) is 7.11. The van der Waals surface area contributed by atoms with E-state index in [1.165, 1.54) is 16.7 Å². The third-order valence-corrected chi connectivity index (χ3v) is 10.5. The van der Waals surface area contributed by atoms with Crippen molar-refractivity contribution in [1.82, 2.24) is 25.1 Å². The van der Waals surface area contributed by atoms with Gasteiger partial charge in [-0.3, -0.25) is 5.10 Å². The van der Waals surface area contributed by atoms with Gasteiger partial charge in [0, 0.05) is 17.7 Å². The molecule has 41 heavy (non-hydrogen) atoms. The third-order valence-electron chi connectivity index (χ3n) is 8.26. The van der Waals surface area contributed by atoms with Crippen molar-refractivity contribution in [3.63, 3.8) is 0 Å². The number of aryl methyl sites for hydroxylation is 2. The molecule has 0 spiro atoms. The van der Waals surface area contributed by atoms with Crippen LogP contribution in [0.4, 0.5) is 23.1 Å². The van der Waals surface area contributed by atoms with Gasteiger partial charge in [-0.05, 0) is 95.9 Å². The van der Waals surface area contributed by atoms with Gasteiger partial charge in [-0.15, -0.1) is 0 Å². The number of piperidine rings is 1. The van der Waals surface area contributed by atoms with Crippen molar-refractivity contribution in [1.29, 1.82) is 0 Å². The quantitative estimate of drug-likeness (QED) is 0.266. The van der Waals surface area contributed by atoms with Gasteiger partial charge in [0.25, 0.3) is 0 Å². The highest BCUT2D eigenvalue weighted by Gasteiger charge is 2.29. The number of benzene rings is 2. The number of nitrogens with one attached hydrogen (secondary N) is 3. The molecule has 0 bridgehead atoms. The van der Waals surface area contributed by atoms with Crippen molar-refractivity contribution < 1.29 is 13.2 Å². The molecule has 6 rings (SSSR count). The molecule has 0 aliphatic carbocycles. The zero-order valence-corrected chi connectivity index (χ0v) is 25.0. The lowest BCUT2D eigenvalue weighted by Crippen LogP contribution is -2.29. The van der Waals surface area contributed by atoms with Gasteiger partial charge in [0.15, 0.2) is 15.5 Å². The summed E-state index contributed by atoms with van der Waals surface area (Å²) in [7, 11) is -1.34. The number of anilines is 4. The molecule has 1 saturated heterocycles. The number of rotatable bonds is 7. The second kappa shape index (κ2) is 10.6. The van der Waals surface area contributed by atoms with Crippen LogP contribution in [0.15, 0.2) is 35.2 Å². The lowest BCUT2D eigenvalue weighted by atomic mass is 9.83. The van der Waals surface area contributed by atoms with Gasteiger partial charge >= 0.3 is 0 Å². The molecule has 2 aromatic carbocycles. The summed E-state index contributed by atoms with van der Waals surface area (Å²) in [4.78, 5) is 12.1. The lowest BCUT2D eigenvalue weighted by molar-refractivity contribution is 0.254. The van der Waals surface area contributed by atoms with Crippen LogP contribution >= 0.6 is 0 Å². The van der Waals surface area contributed by atoms with E-state index in [1.807, 2.05) is 6.92 Å². The first-order valence-electron chi connectivity index (χ1n) is 14.2. The Morgan fingerprint density at radius 2 is 1.83 bits per heavy atom. The van der Waals surface area contributed by atoms with Gasteiger partial charge < -0.3 is 20.3 Å². The Hall–Kier alpha value is -3.70. The Bertz CT molecular complexity index is 1720. The number of para-hydroxylation sites is 1. The number of hydrogen-bond donors (Lipinski definition) is 3. The molecule has 11 heteroatoms. The maximum absolute atomic E-state index is 13.1. The van der Waals surface area contributed by atoms with Gasteiger partial charge in [-0.1, -0.05) is 12.1 Å². The summed E-state index contributed by atoms with van der Waals surface area (Å²) < 4.78 is 32.4. The van der Waals surface area contributed by atoms with Crippen LogP contribution in [-0.2, 0) is 16.3 Å². The minimum atomic E-state index is -3.53. The highest BCUT2D eigenvalue weighted by atomic mass is 32.2. The molecule has 0 saturated carbocycles. The lowest BCUT2D eigenvalue weighted by Gasteiger charge is -2.31. The highest BCUT2D eigenvalue weighted by molar-refractivity contribution is 7.92. The first-order chi connectivity index (χ1) is 19.6. The molecule has 0 atom stereocenters. The van der Waals surface area contributed by atoms with Gasteiger partial charge in [0.2, 0.25) is 5.95 Å². The van der Waals surface area contributed by atoms with E-state index in [2.05, 4.69) is 50.8 Å². The molecule has 0 radical (unpaired) electrons. The molecule has 216 valence electrons. The van der Waals surface area contributed by atoms with Crippen molar-refractivity contribution in [3.8, 4) is 5.75 Å². The van der Waals surface area contributed by atoms with E-state index in [1.54, 1.807) is 38.1 Å². The summed E-state index contributed by atoms with van der Waals surface area (Å²) in [6.45, 7) is 10.3. The summed E-state index contributed by atoms with van der Waals surface area (Å²) in [6, 6.07) is 9.03. The molecule has 2 aromatic heterocycles. The normalized spacial score (nSPS) is 16.2. The summed E-state index contributed by atoms with van der Waals surface area (Å²) in [5, 5.41) is 14.2. The van der Waals surface area contributed by atoms with E-state index >= 15 is 0 Å². The fourth-order valence-corrected chi connectivity index (χ4v) is 7.25. The Morgan fingerprint density at radius 3 is 2.59 bits per heavy atom. The van der Waals surface area contributed by atoms with Crippen LogP contribution in [0, 0.1) is 13.8 Å². The molecule has 3 N–H and O–H groups in total. The molecule has 4 heterocycles. The predicted octanol–water partition coefficient (Wildman–Crippen LogP) is 5.38. The maximum Gasteiger partial charge on any atom is 0.231 e. The minimum absolute atomic E-state index is 0.226. The zero-order chi connectivity index (χ0) is 28.9. The summed E-state index contributed by atoms with van der Waals surface area (Å²) in [5.74, 6) is 2.22. The number of aromatic nitrogens is 4. The monoisotopic (exact) mass is 575 g/mol. The summed E-state index contributed by atoms with van der Waals surface area (Å²) >= 11 is 0. The number of aromatic amines is 1. The average molecular weight is 576 g/mol. The number of sulfone groups is 1. The highest BCUT2D eigenvalue weighted by Crippen LogP contribution is 2.44. The van der Waals surface area contributed by atoms with E-state index in [-0.39, 0.29) is 4.90 Å². The van der Waals surface area contributed by atoms with Gasteiger partial charge in [0.1, 0.15) is 11.6 Å². The first-order valence-corrected chi connectivity index (χ1v) is 15.8. The van der Waals surface area contributed by atoms with Crippen LogP contribution in [0.5, 0.6) is 5.75 Å². The van der Waals surface area contributed by atoms with Crippen LogP contribution < -0.4 is 15.4 Å². The molecule has 1 fully saturated rings. The van der Waals surface area contributed by atoms with Crippen molar-refractivity contribution >= 4 is 44.0 Å². The van der Waals surface area contributed by atoms with E-state index in [9.17, 15) is 8.42 Å². The number of nitrogens with zero attached hydrogens (tertiary/aromatic N) is 4. The number of likely N-dealkylation sites (tertiary alicyclic amines) is 1. The topological polar surface area (TPSA) is 125 Å². The van der Waals surface area contributed by atoms with E-state index in [0.29, 0.717) is 41.0 Å². The molecule has 2 aliphatic rings. The molecular formula is C30H37N7O3S. The number of fused-ring (bicyclic) bond motifs is 2. The molecule has 0 amide bonds. The zero-order valence-electron chi connectivity index (χ0n) is 24.2. The smallest absolute Gasteiger partial charge is 0.231 e. The Morgan fingerprint density at radius 1 is 1.07 bits per heavy atom. The fraction of sp³-hybridized carbons (Fsp3) is 0.433. The van der Waals surface area contributed by atoms with Gasteiger partial charge in [-0.25, -0.2) is 8.42 Å². The van der Waals surface area contributed by atoms with Gasteiger partial charge in [-0.2, -0.15) is 15.1 Å². The number of ether oxygens (including phenoxy) is 1. The summed E-state index contributed by atoms with van der Waals surface area (Å²) in [6.07, 6.45) is 3.19. The third kappa shape index (κ3) is 5.01. The van der Waals surface area contributed by atoms with E-state index in [0.717, 1.165) is 49.5 Å². The second-order valence-corrected chi connectivity index (χ2v) is 13.9. The first kappa shape index (κ1) is 27.5. The molecule has 4 aromatic rings. The maximum atomic E-state index is 13.1. The van der Waals surface area contributed by atoms with Crippen LogP contribution in [0.25, 0.3) is 11.0 Å². The minimum Gasteiger partial charge on any atom is -0.491 e. The standard InChI is InChI=1S/C30H37N7O3S/c1-17(2)41(38,39)24-9-7-6-8-22(24)31-28-26-19(4)35-36-29(26)34-30(33-28)32-23-16-18(3)25(21-12-15-40-27(21)23)20-10-13-37(5)14-11-20/h6-9,16-17,20H,10-15H2,1-5H3,(H3,31,32,33,34,35,36). The van der Waals surface area contributed by atoms with Crippen LogP contribution in [0.1, 0.15) is 55.0 Å². The van der Waals surface area contributed by atoms with Crippen LogP contribution in [0.3, 0.4) is 0 Å². The van der Waals surface area contributed by atoms with E-state index < -0.39 is 15.1 Å². The van der Waals surface area contributed by atoms with Crippen molar-refractivity contribution in [2.24, 2.45) is 0 Å². The van der Waals surface area contributed by atoms with Crippen molar-refractivity contribution in [2.75, 3.05) is 37.4 Å². The fourth-order valence-electron chi connectivity index (χ4n) is 6.04. The second-order valence-electron chi connectivity index (χ2n) is 11.4. The number of H-pyrrole nitrogens is 1. The van der Waals surface area contributed by atoms with Crippen LogP contribution in [-0.4, -0.2) is 65.5 Å². The van der Waals surface area contributed by atoms with Crippen LogP contribution in [0.2, 0.25) is 0 Å². The SMILES string of the molecule is Cc1cc(Nc2nc(Nc3ccccc3S(=O)(=O)C(C)C)c3c(C)[nH]nc3n2)c2c(c1C1CCN(C)CC1)CCO2. The Labute approximate surface area is 240 Å². The largest absolute Gasteiger partial charge is 0.491 e. The molecule has 10 nitrogen and oxygen atoms in total. The van der Waals surface area contributed by atoms with E-state index in [4.69, 9.17) is 9.72 Å². The number of hydrogen-bond acceptors (Lipinski definition) is 9. The van der Waals surface area contributed by atoms with Crippen molar-refractivity contribution in [2.45, 2.75) is 63.0 Å². The molecule has 2 aliphatic heterocycles. The average Bonchev–Trinajstić information content (AvgIpc) is 3.57.